The minimum absolute atomic E-state index is 0.00820. The second-order valence-electron chi connectivity index (χ2n) is 14.5. The SMILES string of the molecule is CCCCCCCCCCCCOC(=O)CCN(CCO)CCCCCCCC(=O)OC(CCCCCCCC)CCCCCCCC. The third-order valence-electron chi connectivity index (χ3n) is 9.72. The van der Waals surface area contributed by atoms with Crippen molar-refractivity contribution in [1.82, 2.24) is 4.90 Å². The maximum absolute atomic E-state index is 12.7. The molecular formula is C42H83NO5. The molecule has 0 heterocycles. The molecule has 0 aliphatic carbocycles. The van der Waals surface area contributed by atoms with Crippen molar-refractivity contribution in [3.63, 3.8) is 0 Å². The van der Waals surface area contributed by atoms with Crippen molar-refractivity contribution in [2.75, 3.05) is 32.8 Å². The van der Waals surface area contributed by atoms with Gasteiger partial charge in [0.15, 0.2) is 0 Å². The highest BCUT2D eigenvalue weighted by atomic mass is 16.5. The Labute approximate surface area is 299 Å². The van der Waals surface area contributed by atoms with E-state index in [2.05, 4.69) is 25.7 Å². The van der Waals surface area contributed by atoms with Crippen LogP contribution in [0.1, 0.15) is 220 Å². The van der Waals surface area contributed by atoms with Crippen LogP contribution in [0.25, 0.3) is 0 Å². The first-order valence-electron chi connectivity index (χ1n) is 21.3. The van der Waals surface area contributed by atoms with Crippen LogP contribution in [0.3, 0.4) is 0 Å². The second-order valence-corrected chi connectivity index (χ2v) is 14.5. The molecule has 0 fully saturated rings. The van der Waals surface area contributed by atoms with Gasteiger partial charge in [-0.05, 0) is 51.5 Å². The van der Waals surface area contributed by atoms with E-state index in [4.69, 9.17) is 9.47 Å². The molecule has 0 aliphatic rings. The first kappa shape index (κ1) is 46.9. The number of carbonyl (C=O) groups is 2. The molecule has 48 heavy (non-hydrogen) atoms. The summed E-state index contributed by atoms with van der Waals surface area (Å²) in [5.74, 6) is -0.131. The van der Waals surface area contributed by atoms with Gasteiger partial charge in [0.05, 0.1) is 19.6 Å². The second kappa shape index (κ2) is 38.7. The fourth-order valence-electron chi connectivity index (χ4n) is 6.52. The Bertz CT molecular complexity index is 656. The van der Waals surface area contributed by atoms with E-state index >= 15 is 0 Å². The summed E-state index contributed by atoms with van der Waals surface area (Å²) in [5, 5.41) is 9.49. The van der Waals surface area contributed by atoms with Crippen LogP contribution in [0.5, 0.6) is 0 Å². The molecule has 286 valence electrons. The molecular weight excluding hydrogens is 598 g/mol. The fraction of sp³-hybridized carbons (Fsp3) is 0.952. The molecule has 6 heteroatoms. The maximum Gasteiger partial charge on any atom is 0.307 e. The predicted octanol–water partition coefficient (Wildman–Crippen LogP) is 11.9. The van der Waals surface area contributed by atoms with Gasteiger partial charge in [0.1, 0.15) is 6.10 Å². The van der Waals surface area contributed by atoms with Gasteiger partial charge >= 0.3 is 11.9 Å². The van der Waals surface area contributed by atoms with Gasteiger partial charge in [0, 0.05) is 19.5 Å². The van der Waals surface area contributed by atoms with Gasteiger partial charge < -0.3 is 19.5 Å². The van der Waals surface area contributed by atoms with Crippen molar-refractivity contribution in [2.24, 2.45) is 0 Å². The number of aliphatic hydroxyl groups is 1. The quantitative estimate of drug-likeness (QED) is 0.0514. The van der Waals surface area contributed by atoms with E-state index in [1.54, 1.807) is 0 Å². The third kappa shape index (κ3) is 34.7. The zero-order valence-electron chi connectivity index (χ0n) is 32.6. The average Bonchev–Trinajstić information content (AvgIpc) is 3.08. The molecule has 0 bridgehead atoms. The lowest BCUT2D eigenvalue weighted by Gasteiger charge is -2.20. The summed E-state index contributed by atoms with van der Waals surface area (Å²) in [6.45, 7) is 9.52. The van der Waals surface area contributed by atoms with E-state index in [0.717, 1.165) is 64.3 Å². The summed E-state index contributed by atoms with van der Waals surface area (Å²) in [4.78, 5) is 27.1. The lowest BCUT2D eigenvalue weighted by atomic mass is 10.0. The summed E-state index contributed by atoms with van der Waals surface area (Å²) in [5.41, 5.74) is 0. The van der Waals surface area contributed by atoms with Crippen LogP contribution in [-0.4, -0.2) is 60.9 Å². The van der Waals surface area contributed by atoms with E-state index in [9.17, 15) is 14.7 Å². The smallest absolute Gasteiger partial charge is 0.307 e. The highest BCUT2D eigenvalue weighted by molar-refractivity contribution is 5.69. The third-order valence-corrected chi connectivity index (χ3v) is 9.72. The monoisotopic (exact) mass is 682 g/mol. The Balaban J connectivity index is 4.02. The molecule has 0 aromatic carbocycles. The van der Waals surface area contributed by atoms with Crippen LogP contribution in [0.4, 0.5) is 0 Å². The van der Waals surface area contributed by atoms with Crippen LogP contribution in [-0.2, 0) is 19.1 Å². The van der Waals surface area contributed by atoms with Crippen molar-refractivity contribution in [3.05, 3.63) is 0 Å². The molecule has 0 saturated carbocycles. The van der Waals surface area contributed by atoms with Crippen LogP contribution >= 0.6 is 0 Å². The van der Waals surface area contributed by atoms with Gasteiger partial charge in [0.2, 0.25) is 0 Å². The number of rotatable bonds is 39. The standard InChI is InChI=1S/C42H83NO5/c1-4-7-10-13-16-17-18-19-25-30-39-47-41(45)34-36-43(37-38-44)35-29-24-20-23-28-33-42(46)48-40(31-26-21-14-11-8-5-2)32-27-22-15-12-9-6-3/h40,44H,4-39H2,1-3H3. The molecule has 0 amide bonds. The summed E-state index contributed by atoms with van der Waals surface area (Å²) in [6.07, 6.45) is 36.3. The summed E-state index contributed by atoms with van der Waals surface area (Å²) >= 11 is 0. The highest BCUT2D eigenvalue weighted by Gasteiger charge is 2.14. The first-order chi connectivity index (χ1) is 23.6. The number of unbranched alkanes of at least 4 members (excludes halogenated alkanes) is 23. The molecule has 6 nitrogen and oxygen atoms in total. The van der Waals surface area contributed by atoms with E-state index in [1.807, 2.05) is 0 Å². The van der Waals surface area contributed by atoms with E-state index in [-0.39, 0.29) is 24.6 Å². The number of esters is 2. The first-order valence-corrected chi connectivity index (χ1v) is 21.3. The van der Waals surface area contributed by atoms with Crippen molar-refractivity contribution >= 4 is 11.9 Å². The minimum Gasteiger partial charge on any atom is -0.466 e. The van der Waals surface area contributed by atoms with E-state index < -0.39 is 0 Å². The van der Waals surface area contributed by atoms with Gasteiger partial charge in [-0.1, -0.05) is 162 Å². The number of nitrogens with zero attached hydrogens (tertiary/aromatic N) is 1. The zero-order chi connectivity index (χ0) is 35.2. The molecule has 0 atom stereocenters. The summed E-state index contributed by atoms with van der Waals surface area (Å²) in [7, 11) is 0. The molecule has 0 rings (SSSR count). The van der Waals surface area contributed by atoms with Crippen molar-refractivity contribution < 1.29 is 24.2 Å². The lowest BCUT2D eigenvalue weighted by molar-refractivity contribution is -0.150. The Morgan fingerprint density at radius 2 is 0.917 bits per heavy atom. The minimum atomic E-state index is -0.123. The van der Waals surface area contributed by atoms with Gasteiger partial charge in [-0.2, -0.15) is 0 Å². The Kier molecular flexibility index (Phi) is 37.7. The molecule has 0 aromatic heterocycles. The molecule has 0 aliphatic heterocycles. The van der Waals surface area contributed by atoms with Crippen LogP contribution in [0, 0.1) is 0 Å². The Morgan fingerprint density at radius 1 is 0.479 bits per heavy atom. The van der Waals surface area contributed by atoms with Crippen molar-refractivity contribution in [2.45, 2.75) is 226 Å². The predicted molar refractivity (Wildman–Crippen MR) is 205 cm³/mol. The normalized spacial score (nSPS) is 11.5. The van der Waals surface area contributed by atoms with Crippen molar-refractivity contribution in [3.8, 4) is 0 Å². The van der Waals surface area contributed by atoms with Crippen LogP contribution in [0.2, 0.25) is 0 Å². The van der Waals surface area contributed by atoms with E-state index in [0.29, 0.717) is 32.5 Å². The molecule has 0 unspecified atom stereocenters. The van der Waals surface area contributed by atoms with Crippen LogP contribution < -0.4 is 0 Å². The van der Waals surface area contributed by atoms with Crippen molar-refractivity contribution in [1.29, 1.82) is 0 Å². The van der Waals surface area contributed by atoms with Crippen LogP contribution in [0.15, 0.2) is 0 Å². The van der Waals surface area contributed by atoms with Gasteiger partial charge in [0.25, 0.3) is 0 Å². The summed E-state index contributed by atoms with van der Waals surface area (Å²) < 4.78 is 11.5. The Morgan fingerprint density at radius 3 is 1.42 bits per heavy atom. The molecule has 1 N–H and O–H groups in total. The largest absolute Gasteiger partial charge is 0.466 e. The summed E-state index contributed by atoms with van der Waals surface area (Å²) in [6, 6.07) is 0. The average molecular weight is 682 g/mol. The number of hydrogen-bond acceptors (Lipinski definition) is 6. The molecule has 0 spiro atoms. The fourth-order valence-corrected chi connectivity index (χ4v) is 6.52. The topological polar surface area (TPSA) is 76.1 Å². The Hall–Kier alpha value is -1.14. The lowest BCUT2D eigenvalue weighted by Crippen LogP contribution is -2.30. The molecule has 0 radical (unpaired) electrons. The van der Waals surface area contributed by atoms with Gasteiger partial charge in [-0.15, -0.1) is 0 Å². The zero-order valence-corrected chi connectivity index (χ0v) is 32.6. The van der Waals surface area contributed by atoms with E-state index in [1.165, 1.54) is 128 Å². The van der Waals surface area contributed by atoms with Gasteiger partial charge in [-0.25, -0.2) is 0 Å². The highest BCUT2D eigenvalue weighted by Crippen LogP contribution is 2.18. The number of aliphatic hydroxyl groups excluding tert-OH is 1. The maximum atomic E-state index is 12.7. The molecule has 0 saturated heterocycles. The number of ether oxygens (including phenoxy) is 2. The van der Waals surface area contributed by atoms with Gasteiger partial charge in [-0.3, -0.25) is 9.59 Å². The number of hydrogen-bond donors (Lipinski definition) is 1. The number of carbonyl (C=O) groups excluding carboxylic acids is 2. The molecule has 0 aromatic rings.